The fourth-order valence-electron chi connectivity index (χ4n) is 4.13. The molecular formula is C22H27N3O3. The van der Waals surface area contributed by atoms with Crippen molar-refractivity contribution in [3.8, 4) is 11.5 Å². The van der Waals surface area contributed by atoms with Gasteiger partial charge >= 0.3 is 0 Å². The first-order valence-corrected chi connectivity index (χ1v) is 9.75. The van der Waals surface area contributed by atoms with Crippen LogP contribution in [0.4, 0.5) is 11.4 Å². The standard InChI is InChI=1S/C22H27N3O3/c1-24(2)17-12-19(27-3)20(28-14-8-4-5-9-14)13-18(17)25-21(23)15-10-6-7-11-16(15)22(25)26/h6-7,10-14,21H,4-5,8-9,23H2,1-3H3. The van der Waals surface area contributed by atoms with E-state index in [2.05, 4.69) is 0 Å². The third kappa shape index (κ3) is 3.07. The van der Waals surface area contributed by atoms with E-state index in [-0.39, 0.29) is 12.0 Å². The van der Waals surface area contributed by atoms with Gasteiger partial charge in [0.2, 0.25) is 0 Å². The first-order valence-electron chi connectivity index (χ1n) is 9.75. The third-order valence-electron chi connectivity index (χ3n) is 5.60. The number of nitrogens with two attached hydrogens (primary N) is 1. The quantitative estimate of drug-likeness (QED) is 0.855. The summed E-state index contributed by atoms with van der Waals surface area (Å²) in [6, 6.07) is 11.3. The highest BCUT2D eigenvalue weighted by molar-refractivity contribution is 6.12. The highest BCUT2D eigenvalue weighted by Gasteiger charge is 2.37. The van der Waals surface area contributed by atoms with Gasteiger partial charge in [-0.15, -0.1) is 0 Å². The lowest BCUT2D eigenvalue weighted by molar-refractivity contribution is 0.0991. The second-order valence-electron chi connectivity index (χ2n) is 7.62. The number of rotatable bonds is 5. The first-order chi connectivity index (χ1) is 13.5. The van der Waals surface area contributed by atoms with Gasteiger partial charge in [-0.25, -0.2) is 0 Å². The second kappa shape index (κ2) is 7.36. The van der Waals surface area contributed by atoms with Crippen LogP contribution in [0.25, 0.3) is 0 Å². The van der Waals surface area contributed by atoms with Crippen LogP contribution in [-0.2, 0) is 0 Å². The Labute approximate surface area is 165 Å². The number of hydrogen-bond donors (Lipinski definition) is 1. The monoisotopic (exact) mass is 381 g/mol. The maximum Gasteiger partial charge on any atom is 0.260 e. The maximum absolute atomic E-state index is 13.1. The average molecular weight is 381 g/mol. The molecule has 0 bridgehead atoms. The van der Waals surface area contributed by atoms with Gasteiger partial charge in [-0.05, 0) is 31.7 Å². The Bertz CT molecular complexity index is 891. The van der Waals surface area contributed by atoms with Crippen LogP contribution < -0.4 is 25.0 Å². The zero-order valence-corrected chi connectivity index (χ0v) is 16.6. The number of ether oxygens (including phenoxy) is 2. The van der Waals surface area contributed by atoms with Crippen molar-refractivity contribution in [2.24, 2.45) is 5.73 Å². The smallest absolute Gasteiger partial charge is 0.260 e. The minimum atomic E-state index is -0.532. The highest BCUT2D eigenvalue weighted by atomic mass is 16.5. The van der Waals surface area contributed by atoms with Crippen LogP contribution in [0.3, 0.4) is 0 Å². The molecule has 6 nitrogen and oxygen atoms in total. The molecule has 148 valence electrons. The van der Waals surface area contributed by atoms with Crippen molar-refractivity contribution in [1.29, 1.82) is 0 Å². The molecule has 1 aliphatic heterocycles. The van der Waals surface area contributed by atoms with E-state index in [0.717, 1.165) is 29.8 Å². The summed E-state index contributed by atoms with van der Waals surface area (Å²) < 4.78 is 11.9. The number of benzene rings is 2. The maximum atomic E-state index is 13.1. The van der Waals surface area contributed by atoms with Crippen molar-refractivity contribution in [2.45, 2.75) is 38.0 Å². The van der Waals surface area contributed by atoms with E-state index in [4.69, 9.17) is 15.2 Å². The minimum absolute atomic E-state index is 0.0943. The number of anilines is 2. The molecule has 0 spiro atoms. The molecule has 0 aromatic heterocycles. The van der Waals surface area contributed by atoms with Gasteiger partial charge in [-0.1, -0.05) is 18.2 Å². The van der Waals surface area contributed by atoms with Crippen LogP contribution in [0, 0.1) is 0 Å². The number of carbonyl (C=O) groups excluding carboxylic acids is 1. The van der Waals surface area contributed by atoms with E-state index in [1.807, 2.05) is 55.4 Å². The minimum Gasteiger partial charge on any atom is -0.493 e. The summed E-state index contributed by atoms with van der Waals surface area (Å²) in [5.74, 6) is 1.23. The van der Waals surface area contributed by atoms with Crippen molar-refractivity contribution in [3.05, 3.63) is 47.5 Å². The highest BCUT2D eigenvalue weighted by Crippen LogP contribution is 2.45. The largest absolute Gasteiger partial charge is 0.493 e. The van der Waals surface area contributed by atoms with Gasteiger partial charge in [-0.2, -0.15) is 0 Å². The number of carbonyl (C=O) groups is 1. The van der Waals surface area contributed by atoms with Gasteiger partial charge in [0.25, 0.3) is 5.91 Å². The predicted molar refractivity (Wildman–Crippen MR) is 110 cm³/mol. The fraction of sp³-hybridized carbons (Fsp3) is 0.409. The molecular weight excluding hydrogens is 354 g/mol. The Balaban J connectivity index is 1.80. The summed E-state index contributed by atoms with van der Waals surface area (Å²) in [5.41, 5.74) is 9.55. The predicted octanol–water partition coefficient (Wildman–Crippen LogP) is 3.70. The Morgan fingerprint density at radius 2 is 1.82 bits per heavy atom. The first kappa shape index (κ1) is 18.6. The normalized spacial score (nSPS) is 19.1. The molecule has 1 fully saturated rings. The molecule has 1 unspecified atom stereocenters. The van der Waals surface area contributed by atoms with Crippen molar-refractivity contribution in [2.75, 3.05) is 31.0 Å². The van der Waals surface area contributed by atoms with Crippen molar-refractivity contribution < 1.29 is 14.3 Å². The summed E-state index contributed by atoms with van der Waals surface area (Å²) >= 11 is 0. The molecule has 1 heterocycles. The third-order valence-corrected chi connectivity index (χ3v) is 5.60. The van der Waals surface area contributed by atoms with E-state index in [1.165, 1.54) is 12.8 Å². The zero-order chi connectivity index (χ0) is 19.8. The Morgan fingerprint density at radius 3 is 2.46 bits per heavy atom. The van der Waals surface area contributed by atoms with Crippen LogP contribution in [0.1, 0.15) is 47.8 Å². The molecule has 2 N–H and O–H groups in total. The lowest BCUT2D eigenvalue weighted by Crippen LogP contribution is -2.34. The van der Waals surface area contributed by atoms with Gasteiger partial charge in [0.1, 0.15) is 6.17 Å². The van der Waals surface area contributed by atoms with Crippen LogP contribution in [0.2, 0.25) is 0 Å². The summed E-state index contributed by atoms with van der Waals surface area (Å²) in [7, 11) is 5.52. The van der Waals surface area contributed by atoms with Gasteiger partial charge in [0, 0.05) is 37.4 Å². The Morgan fingerprint density at radius 1 is 1.11 bits per heavy atom. The van der Waals surface area contributed by atoms with Crippen molar-refractivity contribution in [3.63, 3.8) is 0 Å². The number of methoxy groups -OCH3 is 1. The molecule has 1 atom stereocenters. The van der Waals surface area contributed by atoms with Crippen LogP contribution in [-0.4, -0.2) is 33.2 Å². The Kier molecular flexibility index (Phi) is 4.89. The Hall–Kier alpha value is -2.73. The van der Waals surface area contributed by atoms with E-state index in [0.29, 0.717) is 17.1 Å². The van der Waals surface area contributed by atoms with Crippen molar-refractivity contribution in [1.82, 2.24) is 0 Å². The molecule has 1 amide bonds. The molecule has 0 saturated heterocycles. The van der Waals surface area contributed by atoms with Gasteiger partial charge in [-0.3, -0.25) is 9.69 Å². The van der Waals surface area contributed by atoms with Crippen LogP contribution >= 0.6 is 0 Å². The van der Waals surface area contributed by atoms with Crippen LogP contribution in [0.15, 0.2) is 36.4 Å². The van der Waals surface area contributed by atoms with Gasteiger partial charge in [0.15, 0.2) is 11.5 Å². The topological polar surface area (TPSA) is 68.0 Å². The van der Waals surface area contributed by atoms with Crippen molar-refractivity contribution >= 4 is 17.3 Å². The molecule has 1 aliphatic carbocycles. The molecule has 28 heavy (non-hydrogen) atoms. The molecule has 0 radical (unpaired) electrons. The fourth-order valence-corrected chi connectivity index (χ4v) is 4.13. The number of hydrogen-bond acceptors (Lipinski definition) is 5. The summed E-state index contributed by atoms with van der Waals surface area (Å²) in [6.45, 7) is 0. The second-order valence-corrected chi connectivity index (χ2v) is 7.62. The molecule has 2 aromatic rings. The zero-order valence-electron chi connectivity index (χ0n) is 16.6. The molecule has 2 aliphatic rings. The molecule has 1 saturated carbocycles. The van der Waals surface area contributed by atoms with E-state index >= 15 is 0 Å². The summed E-state index contributed by atoms with van der Waals surface area (Å²) in [4.78, 5) is 16.8. The van der Waals surface area contributed by atoms with E-state index in [9.17, 15) is 4.79 Å². The lowest BCUT2D eigenvalue weighted by atomic mass is 10.1. The van der Waals surface area contributed by atoms with E-state index in [1.54, 1.807) is 12.0 Å². The number of amides is 1. The van der Waals surface area contributed by atoms with Gasteiger partial charge in [0.05, 0.1) is 24.6 Å². The number of fused-ring (bicyclic) bond motifs is 1. The number of nitrogens with zero attached hydrogens (tertiary/aromatic N) is 2. The van der Waals surface area contributed by atoms with Crippen LogP contribution in [0.5, 0.6) is 11.5 Å². The summed E-state index contributed by atoms with van der Waals surface area (Å²) in [6.07, 6.45) is 4.10. The molecule has 4 rings (SSSR count). The summed E-state index contributed by atoms with van der Waals surface area (Å²) in [5, 5.41) is 0. The SMILES string of the molecule is COc1cc(N(C)C)c(N2C(=O)c3ccccc3C2N)cc1OC1CCCC1. The lowest BCUT2D eigenvalue weighted by Gasteiger charge is -2.29. The molecule has 2 aromatic carbocycles. The van der Waals surface area contributed by atoms with E-state index < -0.39 is 6.17 Å². The molecule has 6 heteroatoms. The van der Waals surface area contributed by atoms with Gasteiger partial charge < -0.3 is 20.1 Å². The average Bonchev–Trinajstić information content (AvgIpc) is 3.29.